The highest BCUT2D eigenvalue weighted by molar-refractivity contribution is 5.51. The monoisotopic (exact) mass is 279 g/mol. The fourth-order valence-corrected chi connectivity index (χ4v) is 2.60. The lowest BCUT2D eigenvalue weighted by Crippen LogP contribution is -2.31. The van der Waals surface area contributed by atoms with Crippen molar-refractivity contribution in [2.75, 3.05) is 40.5 Å². The molecule has 0 unspecified atom stereocenters. The zero-order chi connectivity index (χ0) is 14.2. The maximum absolute atomic E-state index is 5.86. The third-order valence-electron chi connectivity index (χ3n) is 3.70. The lowest BCUT2D eigenvalue weighted by Gasteiger charge is -2.26. The Bertz CT molecular complexity index is 380. The number of ether oxygens (including phenoxy) is 3. The number of hydrogen-bond donors (Lipinski definition) is 0. The number of nitrogens with zero attached hydrogens (tertiary/aromatic N) is 1. The Morgan fingerprint density at radius 3 is 2.25 bits per heavy atom. The Kier molecular flexibility index (Phi) is 5.99. The standard InChI is InChI=1S/C16H25NO3/c1-18-14-8-6-9-15(19-2)16(14)20-13-7-12-17-10-4-3-5-11-17/h6,8-9H,3-5,7,10-13H2,1-2H3. The van der Waals surface area contributed by atoms with Crippen molar-refractivity contribution in [3.63, 3.8) is 0 Å². The Labute approximate surface area is 121 Å². The minimum atomic E-state index is 0.688. The summed E-state index contributed by atoms with van der Waals surface area (Å²) in [6, 6.07) is 5.68. The van der Waals surface area contributed by atoms with Crippen molar-refractivity contribution in [2.45, 2.75) is 25.7 Å². The summed E-state index contributed by atoms with van der Waals surface area (Å²) in [4.78, 5) is 2.52. The molecule has 0 N–H and O–H groups in total. The third-order valence-corrected chi connectivity index (χ3v) is 3.70. The third kappa shape index (κ3) is 4.04. The predicted molar refractivity (Wildman–Crippen MR) is 79.9 cm³/mol. The zero-order valence-corrected chi connectivity index (χ0v) is 12.6. The largest absolute Gasteiger partial charge is 0.493 e. The van der Waals surface area contributed by atoms with Crippen molar-refractivity contribution in [3.05, 3.63) is 18.2 Å². The second-order valence-corrected chi connectivity index (χ2v) is 5.10. The minimum Gasteiger partial charge on any atom is -0.493 e. The van der Waals surface area contributed by atoms with Crippen LogP contribution in [0.4, 0.5) is 0 Å². The number of hydrogen-bond acceptors (Lipinski definition) is 4. The topological polar surface area (TPSA) is 30.9 Å². The Morgan fingerprint density at radius 2 is 1.65 bits per heavy atom. The molecule has 1 heterocycles. The first-order valence-corrected chi connectivity index (χ1v) is 7.41. The van der Waals surface area contributed by atoms with Gasteiger partial charge in [-0.3, -0.25) is 0 Å². The van der Waals surface area contributed by atoms with Crippen molar-refractivity contribution >= 4 is 0 Å². The van der Waals surface area contributed by atoms with E-state index < -0.39 is 0 Å². The Balaban J connectivity index is 1.81. The normalized spacial score (nSPS) is 15.9. The van der Waals surface area contributed by atoms with Crippen molar-refractivity contribution in [1.82, 2.24) is 4.90 Å². The average molecular weight is 279 g/mol. The van der Waals surface area contributed by atoms with Gasteiger partial charge in [0.2, 0.25) is 5.75 Å². The fraction of sp³-hybridized carbons (Fsp3) is 0.625. The van der Waals surface area contributed by atoms with E-state index in [0.717, 1.165) is 24.5 Å². The highest BCUT2D eigenvalue weighted by atomic mass is 16.5. The molecule has 0 saturated carbocycles. The smallest absolute Gasteiger partial charge is 0.203 e. The van der Waals surface area contributed by atoms with Gasteiger partial charge in [0.05, 0.1) is 20.8 Å². The molecule has 0 aromatic heterocycles. The molecule has 2 rings (SSSR count). The highest BCUT2D eigenvalue weighted by Gasteiger charge is 2.12. The van der Waals surface area contributed by atoms with Crippen molar-refractivity contribution in [1.29, 1.82) is 0 Å². The van der Waals surface area contributed by atoms with Crippen LogP contribution in [0, 0.1) is 0 Å². The molecule has 1 aromatic rings. The van der Waals surface area contributed by atoms with E-state index in [2.05, 4.69) is 4.90 Å². The fourth-order valence-electron chi connectivity index (χ4n) is 2.60. The van der Waals surface area contributed by atoms with Crippen LogP contribution in [0.25, 0.3) is 0 Å². The van der Waals surface area contributed by atoms with Gasteiger partial charge >= 0.3 is 0 Å². The summed E-state index contributed by atoms with van der Waals surface area (Å²) in [5.74, 6) is 2.15. The van der Waals surface area contributed by atoms with Crippen LogP contribution in [0.15, 0.2) is 18.2 Å². The summed E-state index contributed by atoms with van der Waals surface area (Å²) in [5.41, 5.74) is 0. The molecule has 0 radical (unpaired) electrons. The predicted octanol–water partition coefficient (Wildman–Crippen LogP) is 2.96. The zero-order valence-electron chi connectivity index (χ0n) is 12.6. The summed E-state index contributed by atoms with van der Waals surface area (Å²) in [6.45, 7) is 4.26. The molecule has 0 bridgehead atoms. The number of methoxy groups -OCH3 is 2. The number of para-hydroxylation sites is 1. The summed E-state index contributed by atoms with van der Waals surface area (Å²) in [6.07, 6.45) is 5.08. The number of rotatable bonds is 7. The van der Waals surface area contributed by atoms with Crippen LogP contribution in [-0.2, 0) is 0 Å². The number of piperidine rings is 1. The van der Waals surface area contributed by atoms with Crippen LogP contribution in [0.1, 0.15) is 25.7 Å². The maximum Gasteiger partial charge on any atom is 0.203 e. The highest BCUT2D eigenvalue weighted by Crippen LogP contribution is 2.36. The molecule has 112 valence electrons. The molecule has 20 heavy (non-hydrogen) atoms. The Hall–Kier alpha value is -1.42. The summed E-state index contributed by atoms with van der Waals surface area (Å²) < 4.78 is 16.5. The van der Waals surface area contributed by atoms with Crippen LogP contribution in [0.2, 0.25) is 0 Å². The van der Waals surface area contributed by atoms with E-state index in [1.807, 2.05) is 18.2 Å². The van der Waals surface area contributed by atoms with Crippen molar-refractivity contribution < 1.29 is 14.2 Å². The second-order valence-electron chi connectivity index (χ2n) is 5.10. The van der Waals surface area contributed by atoms with Gasteiger partial charge in [0.15, 0.2) is 11.5 Å². The van der Waals surface area contributed by atoms with Gasteiger partial charge in [0, 0.05) is 6.54 Å². The van der Waals surface area contributed by atoms with Crippen LogP contribution in [0.3, 0.4) is 0 Å². The van der Waals surface area contributed by atoms with Crippen molar-refractivity contribution in [2.24, 2.45) is 0 Å². The summed E-state index contributed by atoms with van der Waals surface area (Å²) >= 11 is 0. The molecule has 1 aromatic carbocycles. The molecule has 0 amide bonds. The van der Waals surface area contributed by atoms with Crippen molar-refractivity contribution in [3.8, 4) is 17.2 Å². The van der Waals surface area contributed by atoms with E-state index in [0.29, 0.717) is 12.4 Å². The molecular formula is C16H25NO3. The van der Waals surface area contributed by atoms with Gasteiger partial charge in [0.25, 0.3) is 0 Å². The summed E-state index contributed by atoms with van der Waals surface area (Å²) in [7, 11) is 3.30. The number of likely N-dealkylation sites (tertiary alicyclic amines) is 1. The molecule has 1 fully saturated rings. The minimum absolute atomic E-state index is 0.688. The molecule has 4 nitrogen and oxygen atoms in total. The first-order valence-electron chi connectivity index (χ1n) is 7.41. The van der Waals surface area contributed by atoms with Crippen LogP contribution in [0.5, 0.6) is 17.2 Å². The van der Waals surface area contributed by atoms with Gasteiger partial charge in [0.1, 0.15) is 0 Å². The van der Waals surface area contributed by atoms with Gasteiger partial charge in [-0.2, -0.15) is 0 Å². The second kappa shape index (κ2) is 8.00. The van der Waals surface area contributed by atoms with Gasteiger partial charge in [-0.05, 0) is 44.5 Å². The van der Waals surface area contributed by atoms with Gasteiger partial charge in [-0.15, -0.1) is 0 Å². The van der Waals surface area contributed by atoms with E-state index in [1.54, 1.807) is 14.2 Å². The van der Waals surface area contributed by atoms with E-state index in [9.17, 15) is 0 Å². The molecule has 1 saturated heterocycles. The lowest BCUT2D eigenvalue weighted by molar-refractivity contribution is 0.200. The average Bonchev–Trinajstić information content (AvgIpc) is 2.52. The van der Waals surface area contributed by atoms with E-state index in [-0.39, 0.29) is 0 Å². The first-order chi connectivity index (χ1) is 9.85. The molecule has 0 spiro atoms. The molecule has 4 heteroatoms. The van der Waals surface area contributed by atoms with E-state index in [1.165, 1.54) is 32.4 Å². The van der Waals surface area contributed by atoms with Gasteiger partial charge in [-0.25, -0.2) is 0 Å². The SMILES string of the molecule is COc1cccc(OC)c1OCCCN1CCCCC1. The molecule has 1 aliphatic heterocycles. The number of benzene rings is 1. The quantitative estimate of drug-likeness (QED) is 0.718. The lowest BCUT2D eigenvalue weighted by atomic mass is 10.1. The van der Waals surface area contributed by atoms with E-state index >= 15 is 0 Å². The van der Waals surface area contributed by atoms with E-state index in [4.69, 9.17) is 14.2 Å². The molecule has 0 atom stereocenters. The summed E-state index contributed by atoms with van der Waals surface area (Å²) in [5, 5.41) is 0. The molecular weight excluding hydrogens is 254 g/mol. The Morgan fingerprint density at radius 1 is 1.00 bits per heavy atom. The molecule has 1 aliphatic rings. The first kappa shape index (κ1) is 15.0. The van der Waals surface area contributed by atoms with Gasteiger partial charge < -0.3 is 19.1 Å². The van der Waals surface area contributed by atoms with Crippen LogP contribution < -0.4 is 14.2 Å². The van der Waals surface area contributed by atoms with Gasteiger partial charge in [-0.1, -0.05) is 12.5 Å². The maximum atomic E-state index is 5.86. The molecule has 0 aliphatic carbocycles. The van der Waals surface area contributed by atoms with Crippen LogP contribution >= 0.6 is 0 Å². The van der Waals surface area contributed by atoms with Crippen LogP contribution in [-0.4, -0.2) is 45.4 Å².